The van der Waals surface area contributed by atoms with Crippen molar-refractivity contribution >= 4 is 11.7 Å². The van der Waals surface area contributed by atoms with E-state index in [0.29, 0.717) is 6.54 Å². The van der Waals surface area contributed by atoms with E-state index in [1.807, 2.05) is 37.3 Å². The van der Waals surface area contributed by atoms with E-state index in [1.165, 1.54) is 0 Å². The second-order valence-electron chi connectivity index (χ2n) is 3.34. The number of hydrogen-bond donors (Lipinski definition) is 1. The molecule has 0 bridgehead atoms. The van der Waals surface area contributed by atoms with E-state index in [9.17, 15) is 9.59 Å². The summed E-state index contributed by atoms with van der Waals surface area (Å²) in [4.78, 5) is 22.7. The number of carbonyl (C=O) groups is 2. The summed E-state index contributed by atoms with van der Waals surface area (Å²) in [5.41, 5.74) is 0.870. The van der Waals surface area contributed by atoms with Crippen LogP contribution in [0, 0.1) is 0 Å². The summed E-state index contributed by atoms with van der Waals surface area (Å²) >= 11 is 0. The minimum atomic E-state index is -0.485. The lowest BCUT2D eigenvalue weighted by Gasteiger charge is -2.02. The molecule has 1 rings (SSSR count). The van der Waals surface area contributed by atoms with Gasteiger partial charge in [-0.15, -0.1) is 0 Å². The molecule has 1 amide bonds. The average Bonchev–Trinajstić information content (AvgIpc) is 2.27. The number of carbonyl (C=O) groups excluding carboxylic acids is 2. The van der Waals surface area contributed by atoms with Crippen molar-refractivity contribution in [3.63, 3.8) is 0 Å². The normalized spacial score (nSPS) is 9.67. The fraction of sp³-hybridized carbons (Fsp3) is 0.333. The molecule has 0 atom stereocenters. The Kier molecular flexibility index (Phi) is 4.54. The third-order valence-electron chi connectivity index (χ3n) is 2.00. The first kappa shape index (κ1) is 11.4. The van der Waals surface area contributed by atoms with Crippen LogP contribution in [0.5, 0.6) is 0 Å². The minimum Gasteiger partial charge on any atom is -0.350 e. The van der Waals surface area contributed by atoms with E-state index in [0.717, 1.165) is 12.0 Å². The molecule has 80 valence electrons. The van der Waals surface area contributed by atoms with Crippen molar-refractivity contribution in [2.45, 2.75) is 19.8 Å². The second-order valence-corrected chi connectivity index (χ2v) is 3.34. The first-order chi connectivity index (χ1) is 7.24. The number of ketones is 1. The van der Waals surface area contributed by atoms with Gasteiger partial charge in [-0.3, -0.25) is 9.59 Å². The third kappa shape index (κ3) is 3.94. The smallest absolute Gasteiger partial charge is 0.287 e. The molecule has 0 radical (unpaired) electrons. The van der Waals surface area contributed by atoms with Gasteiger partial charge in [0.2, 0.25) is 5.78 Å². The monoisotopic (exact) mass is 205 g/mol. The number of benzene rings is 1. The maximum atomic E-state index is 11.4. The molecule has 0 unspecified atom stereocenters. The lowest BCUT2D eigenvalue weighted by molar-refractivity contribution is -0.137. The minimum absolute atomic E-state index is 0.177. The summed E-state index contributed by atoms with van der Waals surface area (Å²) in [6.45, 7) is 2.50. The molecule has 0 aliphatic heterocycles. The molecule has 0 fully saturated rings. The Balaban J connectivity index is 2.45. The zero-order valence-electron chi connectivity index (χ0n) is 8.82. The molecule has 0 aliphatic rings. The predicted molar refractivity (Wildman–Crippen MR) is 58.5 cm³/mol. The summed E-state index contributed by atoms with van der Waals surface area (Å²) < 4.78 is 0. The van der Waals surface area contributed by atoms with Gasteiger partial charge in [-0.1, -0.05) is 37.3 Å². The SMILES string of the molecule is CCCNC(=O)C(=O)Cc1ccccc1. The van der Waals surface area contributed by atoms with Crippen molar-refractivity contribution in [3.8, 4) is 0 Å². The van der Waals surface area contributed by atoms with Crippen molar-refractivity contribution in [1.82, 2.24) is 5.32 Å². The van der Waals surface area contributed by atoms with Crippen LogP contribution in [-0.4, -0.2) is 18.2 Å². The van der Waals surface area contributed by atoms with Gasteiger partial charge in [0.05, 0.1) is 0 Å². The van der Waals surface area contributed by atoms with E-state index in [1.54, 1.807) is 0 Å². The van der Waals surface area contributed by atoms with Crippen molar-refractivity contribution in [2.75, 3.05) is 6.54 Å². The van der Waals surface area contributed by atoms with Crippen LogP contribution in [0.3, 0.4) is 0 Å². The van der Waals surface area contributed by atoms with Crippen LogP contribution in [0.4, 0.5) is 0 Å². The molecule has 0 aromatic heterocycles. The molecule has 0 spiro atoms. The standard InChI is InChI=1S/C12H15NO2/c1-2-8-13-12(15)11(14)9-10-6-4-3-5-7-10/h3-7H,2,8-9H2,1H3,(H,13,15). The van der Waals surface area contributed by atoms with Gasteiger partial charge in [0.15, 0.2) is 0 Å². The molecule has 0 saturated heterocycles. The summed E-state index contributed by atoms with van der Waals surface area (Å²) in [5, 5.41) is 2.56. The molecule has 0 aliphatic carbocycles. The number of amides is 1. The van der Waals surface area contributed by atoms with E-state index in [-0.39, 0.29) is 12.2 Å². The Labute approximate surface area is 89.5 Å². The highest BCUT2D eigenvalue weighted by Crippen LogP contribution is 1.99. The Morgan fingerprint density at radius 3 is 2.47 bits per heavy atom. The van der Waals surface area contributed by atoms with Crippen molar-refractivity contribution in [3.05, 3.63) is 35.9 Å². The van der Waals surface area contributed by atoms with E-state index in [4.69, 9.17) is 0 Å². The molecule has 1 aromatic rings. The molecule has 15 heavy (non-hydrogen) atoms. The maximum absolute atomic E-state index is 11.4. The zero-order chi connectivity index (χ0) is 11.1. The predicted octanol–water partition coefficient (Wildman–Crippen LogP) is 1.32. The van der Waals surface area contributed by atoms with E-state index < -0.39 is 5.91 Å². The van der Waals surface area contributed by atoms with E-state index in [2.05, 4.69) is 5.32 Å². The van der Waals surface area contributed by atoms with Gasteiger partial charge in [0.25, 0.3) is 5.91 Å². The van der Waals surface area contributed by atoms with Crippen LogP contribution in [0.2, 0.25) is 0 Å². The van der Waals surface area contributed by atoms with Crippen LogP contribution >= 0.6 is 0 Å². The molecular formula is C12H15NO2. The summed E-state index contributed by atoms with van der Waals surface area (Å²) in [7, 11) is 0. The quantitative estimate of drug-likeness (QED) is 0.737. The number of nitrogens with one attached hydrogen (secondary N) is 1. The van der Waals surface area contributed by atoms with Crippen LogP contribution in [0.25, 0.3) is 0 Å². The molecule has 1 N–H and O–H groups in total. The Morgan fingerprint density at radius 2 is 1.87 bits per heavy atom. The highest BCUT2D eigenvalue weighted by atomic mass is 16.2. The third-order valence-corrected chi connectivity index (χ3v) is 2.00. The fourth-order valence-corrected chi connectivity index (χ4v) is 1.20. The zero-order valence-corrected chi connectivity index (χ0v) is 8.82. The first-order valence-electron chi connectivity index (χ1n) is 5.09. The number of rotatable bonds is 5. The van der Waals surface area contributed by atoms with Gasteiger partial charge in [0, 0.05) is 13.0 Å². The van der Waals surface area contributed by atoms with E-state index >= 15 is 0 Å². The van der Waals surface area contributed by atoms with Crippen LogP contribution in [0.15, 0.2) is 30.3 Å². The fourth-order valence-electron chi connectivity index (χ4n) is 1.20. The summed E-state index contributed by atoms with van der Waals surface area (Å²) in [5.74, 6) is -0.865. The Hall–Kier alpha value is -1.64. The van der Waals surface area contributed by atoms with Crippen molar-refractivity contribution in [1.29, 1.82) is 0 Å². The second kappa shape index (κ2) is 5.96. The maximum Gasteiger partial charge on any atom is 0.287 e. The Morgan fingerprint density at radius 1 is 1.20 bits per heavy atom. The molecule has 0 heterocycles. The first-order valence-corrected chi connectivity index (χ1v) is 5.09. The molecule has 0 saturated carbocycles. The Bertz CT molecular complexity index is 333. The number of Topliss-reactive ketones (excluding diaryl/α,β-unsaturated/α-hetero) is 1. The van der Waals surface area contributed by atoms with Crippen LogP contribution < -0.4 is 5.32 Å². The highest BCUT2D eigenvalue weighted by molar-refractivity contribution is 6.36. The van der Waals surface area contributed by atoms with Gasteiger partial charge >= 0.3 is 0 Å². The van der Waals surface area contributed by atoms with Crippen LogP contribution in [0.1, 0.15) is 18.9 Å². The topological polar surface area (TPSA) is 46.2 Å². The van der Waals surface area contributed by atoms with Crippen LogP contribution in [-0.2, 0) is 16.0 Å². The van der Waals surface area contributed by atoms with Gasteiger partial charge in [-0.2, -0.15) is 0 Å². The molecule has 1 aromatic carbocycles. The van der Waals surface area contributed by atoms with Gasteiger partial charge in [0.1, 0.15) is 0 Å². The average molecular weight is 205 g/mol. The lowest BCUT2D eigenvalue weighted by Crippen LogP contribution is -2.32. The molecule has 3 heteroatoms. The highest BCUT2D eigenvalue weighted by Gasteiger charge is 2.12. The van der Waals surface area contributed by atoms with Crippen molar-refractivity contribution in [2.24, 2.45) is 0 Å². The summed E-state index contributed by atoms with van der Waals surface area (Å²) in [6, 6.07) is 9.26. The van der Waals surface area contributed by atoms with Gasteiger partial charge in [-0.25, -0.2) is 0 Å². The lowest BCUT2D eigenvalue weighted by atomic mass is 10.1. The van der Waals surface area contributed by atoms with Gasteiger partial charge in [-0.05, 0) is 12.0 Å². The summed E-state index contributed by atoms with van der Waals surface area (Å²) in [6.07, 6.45) is 1.01. The van der Waals surface area contributed by atoms with Crippen molar-refractivity contribution < 1.29 is 9.59 Å². The number of hydrogen-bond acceptors (Lipinski definition) is 2. The van der Waals surface area contributed by atoms with Gasteiger partial charge < -0.3 is 5.32 Å². The largest absolute Gasteiger partial charge is 0.350 e. The molecular weight excluding hydrogens is 190 g/mol. The molecule has 3 nitrogen and oxygen atoms in total.